The lowest BCUT2D eigenvalue weighted by molar-refractivity contribution is -0.0513. The van der Waals surface area contributed by atoms with E-state index < -0.39 is 29.4 Å². The predicted molar refractivity (Wildman–Crippen MR) is 91.7 cm³/mol. The van der Waals surface area contributed by atoms with E-state index in [2.05, 4.69) is 10.4 Å². The Morgan fingerprint density at radius 1 is 1.27 bits per heavy atom. The first kappa shape index (κ1) is 18.2. The lowest BCUT2D eigenvalue weighted by atomic mass is 9.90. The number of carbonyl (C=O) groups is 1. The zero-order valence-electron chi connectivity index (χ0n) is 14.3. The summed E-state index contributed by atoms with van der Waals surface area (Å²) in [5.74, 6) is -0.934. The number of amides is 1. The monoisotopic (exact) mass is 361 g/mol. The fourth-order valence-electron chi connectivity index (χ4n) is 3.10. The molecule has 1 aromatic carbocycles. The van der Waals surface area contributed by atoms with Crippen molar-refractivity contribution in [3.05, 3.63) is 58.3 Å². The highest BCUT2D eigenvalue weighted by atomic mass is 19.1. The number of hydrogen-bond acceptors (Lipinski definition) is 5. The average Bonchev–Trinajstić information content (AvgIpc) is 2.64. The summed E-state index contributed by atoms with van der Waals surface area (Å²) in [6.45, 7) is 0. The molecule has 1 aromatic heterocycles. The number of methoxy groups -OCH3 is 1. The van der Waals surface area contributed by atoms with Crippen LogP contribution in [-0.2, 0) is 4.74 Å². The highest BCUT2D eigenvalue weighted by molar-refractivity contribution is 5.92. The zero-order chi connectivity index (χ0) is 18.7. The van der Waals surface area contributed by atoms with Crippen molar-refractivity contribution in [1.82, 2.24) is 15.1 Å². The van der Waals surface area contributed by atoms with Crippen LogP contribution in [0.3, 0.4) is 0 Å². The van der Waals surface area contributed by atoms with Gasteiger partial charge in [0.1, 0.15) is 17.6 Å². The molecule has 7 nitrogen and oxygen atoms in total. The van der Waals surface area contributed by atoms with Gasteiger partial charge in [0.25, 0.3) is 11.5 Å². The van der Waals surface area contributed by atoms with Gasteiger partial charge in [-0.2, -0.15) is 9.78 Å². The Morgan fingerprint density at radius 2 is 2.00 bits per heavy atom. The number of benzene rings is 1. The van der Waals surface area contributed by atoms with E-state index in [4.69, 9.17) is 4.74 Å². The van der Waals surface area contributed by atoms with Crippen molar-refractivity contribution in [1.29, 1.82) is 0 Å². The number of aliphatic hydroxyl groups excluding tert-OH is 1. The third kappa shape index (κ3) is 3.81. The largest absolute Gasteiger partial charge is 0.388 e. The second kappa shape index (κ2) is 7.76. The molecule has 2 N–H and O–H groups in total. The predicted octanol–water partition coefficient (Wildman–Crippen LogP) is 1.03. The summed E-state index contributed by atoms with van der Waals surface area (Å²) in [5, 5.41) is 17.1. The van der Waals surface area contributed by atoms with Crippen molar-refractivity contribution in [3.63, 3.8) is 0 Å². The number of ether oxygens (including phenoxy) is 1. The lowest BCUT2D eigenvalue weighted by Gasteiger charge is -2.34. The Labute approximate surface area is 149 Å². The van der Waals surface area contributed by atoms with Gasteiger partial charge in [-0.05, 0) is 49.6 Å². The van der Waals surface area contributed by atoms with E-state index in [1.54, 1.807) is 0 Å². The first-order valence-corrected chi connectivity index (χ1v) is 8.37. The molecule has 0 spiro atoms. The molecule has 0 bridgehead atoms. The van der Waals surface area contributed by atoms with Gasteiger partial charge >= 0.3 is 0 Å². The molecule has 1 fully saturated rings. The van der Waals surface area contributed by atoms with Crippen molar-refractivity contribution in [2.45, 2.75) is 37.5 Å². The van der Waals surface area contributed by atoms with Crippen LogP contribution in [0.5, 0.6) is 0 Å². The smallest absolute Gasteiger partial charge is 0.272 e. The Morgan fingerprint density at radius 3 is 2.69 bits per heavy atom. The fourth-order valence-corrected chi connectivity index (χ4v) is 3.10. The van der Waals surface area contributed by atoms with E-state index in [0.29, 0.717) is 12.1 Å². The molecule has 0 saturated heterocycles. The molecule has 26 heavy (non-hydrogen) atoms. The van der Waals surface area contributed by atoms with Crippen molar-refractivity contribution in [2.24, 2.45) is 0 Å². The van der Waals surface area contributed by atoms with E-state index >= 15 is 0 Å². The number of hydrogen-bond donors (Lipinski definition) is 2. The van der Waals surface area contributed by atoms with Crippen molar-refractivity contribution in [3.8, 4) is 5.69 Å². The topological polar surface area (TPSA) is 93.5 Å². The van der Waals surface area contributed by atoms with E-state index in [0.717, 1.165) is 17.5 Å². The van der Waals surface area contributed by atoms with Crippen molar-refractivity contribution in [2.75, 3.05) is 7.11 Å². The molecule has 1 saturated carbocycles. The first-order valence-electron chi connectivity index (χ1n) is 8.37. The Bertz CT molecular complexity index is 837. The SMILES string of the molecule is CO[C@@H]1CCC[C@@H](NC(=O)c2ccc(=O)n(-c3ccc(F)cc3)n2)[C@H]1O. The lowest BCUT2D eigenvalue weighted by Crippen LogP contribution is -2.51. The Hall–Kier alpha value is -2.58. The third-order valence-corrected chi connectivity index (χ3v) is 4.52. The van der Waals surface area contributed by atoms with Crippen LogP contribution >= 0.6 is 0 Å². The molecule has 8 heteroatoms. The maximum atomic E-state index is 13.1. The zero-order valence-corrected chi connectivity index (χ0v) is 14.3. The number of carbonyl (C=O) groups excluding carboxylic acids is 1. The van der Waals surface area contributed by atoms with Gasteiger partial charge in [-0.15, -0.1) is 0 Å². The molecule has 0 radical (unpaired) electrons. The Kier molecular flexibility index (Phi) is 5.43. The van der Waals surface area contributed by atoms with Gasteiger partial charge in [-0.1, -0.05) is 0 Å². The van der Waals surface area contributed by atoms with Gasteiger partial charge in [-0.3, -0.25) is 9.59 Å². The minimum atomic E-state index is -0.805. The van der Waals surface area contributed by atoms with Gasteiger partial charge in [-0.25, -0.2) is 4.39 Å². The third-order valence-electron chi connectivity index (χ3n) is 4.52. The molecular formula is C18H20FN3O4. The van der Waals surface area contributed by atoms with Gasteiger partial charge in [0.05, 0.1) is 17.8 Å². The van der Waals surface area contributed by atoms with Gasteiger partial charge in [0.2, 0.25) is 0 Å². The number of aromatic nitrogens is 2. The number of rotatable bonds is 4. The normalized spacial score (nSPS) is 22.8. The highest BCUT2D eigenvalue weighted by Crippen LogP contribution is 2.21. The van der Waals surface area contributed by atoms with Crippen LogP contribution in [0.1, 0.15) is 29.8 Å². The molecule has 1 aliphatic carbocycles. The molecule has 3 rings (SSSR count). The molecular weight excluding hydrogens is 341 g/mol. The van der Waals surface area contributed by atoms with E-state index in [-0.39, 0.29) is 11.8 Å². The van der Waals surface area contributed by atoms with Crippen LogP contribution in [0.25, 0.3) is 5.69 Å². The maximum Gasteiger partial charge on any atom is 0.272 e. The van der Waals surface area contributed by atoms with Crippen LogP contribution in [-0.4, -0.2) is 46.2 Å². The summed E-state index contributed by atoms with van der Waals surface area (Å²) in [6, 6.07) is 7.31. The molecule has 1 aliphatic rings. The number of nitrogens with one attached hydrogen (secondary N) is 1. The second-order valence-electron chi connectivity index (χ2n) is 6.22. The summed E-state index contributed by atoms with van der Waals surface area (Å²) in [7, 11) is 1.53. The van der Waals surface area contributed by atoms with Crippen LogP contribution in [0.2, 0.25) is 0 Å². The van der Waals surface area contributed by atoms with Crippen LogP contribution < -0.4 is 10.9 Å². The van der Waals surface area contributed by atoms with Crippen molar-refractivity contribution < 1.29 is 19.0 Å². The van der Waals surface area contributed by atoms with Gasteiger partial charge in [0, 0.05) is 13.2 Å². The van der Waals surface area contributed by atoms with Crippen LogP contribution in [0, 0.1) is 5.82 Å². The number of nitrogens with zero attached hydrogens (tertiary/aromatic N) is 2. The van der Waals surface area contributed by atoms with Gasteiger partial charge in [0.15, 0.2) is 0 Å². The standard InChI is InChI=1S/C18H20FN3O4/c1-26-15-4-2-3-13(17(15)24)20-18(25)14-9-10-16(23)22(21-14)12-7-5-11(19)6-8-12/h5-10,13,15,17,24H,2-4H2,1H3,(H,20,25)/t13-,15-,17-/m1/s1. The summed E-state index contributed by atoms with van der Waals surface area (Å²) < 4.78 is 19.3. The molecule has 138 valence electrons. The summed E-state index contributed by atoms with van der Waals surface area (Å²) in [6.07, 6.45) is 1.06. The van der Waals surface area contributed by atoms with Crippen LogP contribution in [0.4, 0.5) is 4.39 Å². The summed E-state index contributed by atoms with van der Waals surface area (Å²) >= 11 is 0. The minimum Gasteiger partial charge on any atom is -0.388 e. The molecule has 0 unspecified atom stereocenters. The summed E-state index contributed by atoms with van der Waals surface area (Å²) in [4.78, 5) is 24.5. The Balaban J connectivity index is 1.81. The quantitative estimate of drug-likeness (QED) is 0.848. The molecule has 0 aliphatic heterocycles. The average molecular weight is 361 g/mol. The van der Waals surface area contributed by atoms with E-state index in [1.807, 2.05) is 0 Å². The molecule has 1 heterocycles. The van der Waals surface area contributed by atoms with Crippen molar-refractivity contribution >= 4 is 5.91 Å². The summed E-state index contributed by atoms with van der Waals surface area (Å²) in [5.41, 5.74) is -0.0610. The minimum absolute atomic E-state index is 0.0284. The van der Waals surface area contributed by atoms with E-state index in [1.165, 1.54) is 43.5 Å². The first-order chi connectivity index (χ1) is 12.5. The number of halogens is 1. The molecule has 1 amide bonds. The van der Waals surface area contributed by atoms with Gasteiger partial charge < -0.3 is 15.2 Å². The second-order valence-corrected chi connectivity index (χ2v) is 6.22. The molecule has 3 atom stereocenters. The fraction of sp³-hybridized carbons (Fsp3) is 0.389. The number of aliphatic hydroxyl groups is 1. The maximum absolute atomic E-state index is 13.1. The highest BCUT2D eigenvalue weighted by Gasteiger charge is 2.33. The van der Waals surface area contributed by atoms with E-state index in [9.17, 15) is 19.1 Å². The van der Waals surface area contributed by atoms with Crippen LogP contribution in [0.15, 0.2) is 41.2 Å². The molecule has 2 aromatic rings.